The molecule has 1 aromatic carbocycles. The molecule has 6 nitrogen and oxygen atoms in total. The summed E-state index contributed by atoms with van der Waals surface area (Å²) in [6.45, 7) is 1.19. The van der Waals surface area contributed by atoms with E-state index in [-0.39, 0.29) is 6.42 Å². The Morgan fingerprint density at radius 1 is 1.22 bits per heavy atom. The SMILES string of the molecule is CC[C@H]([C@@H](C[N+](=O)[O-])c1ccc(Cl)cc1)[N+](=O)[O-]. The topological polar surface area (TPSA) is 86.3 Å². The molecule has 0 heterocycles. The summed E-state index contributed by atoms with van der Waals surface area (Å²) in [4.78, 5) is 20.6. The fraction of sp³-hybridized carbons (Fsp3) is 0.455. The largest absolute Gasteiger partial charge is 0.265 e. The van der Waals surface area contributed by atoms with E-state index in [0.29, 0.717) is 10.6 Å². The van der Waals surface area contributed by atoms with Gasteiger partial charge >= 0.3 is 0 Å². The van der Waals surface area contributed by atoms with Crippen LogP contribution in [0.2, 0.25) is 5.02 Å². The van der Waals surface area contributed by atoms with Crippen molar-refractivity contribution in [3.05, 3.63) is 55.1 Å². The molecule has 18 heavy (non-hydrogen) atoms. The van der Waals surface area contributed by atoms with Gasteiger partial charge in [-0.2, -0.15) is 0 Å². The van der Waals surface area contributed by atoms with Crippen LogP contribution in [0, 0.1) is 20.2 Å². The molecule has 0 amide bonds. The fourth-order valence-electron chi connectivity index (χ4n) is 1.90. The van der Waals surface area contributed by atoms with Gasteiger partial charge < -0.3 is 0 Å². The van der Waals surface area contributed by atoms with Crippen LogP contribution in [-0.2, 0) is 0 Å². The van der Waals surface area contributed by atoms with E-state index >= 15 is 0 Å². The number of nitro groups is 2. The molecule has 1 rings (SSSR count). The van der Waals surface area contributed by atoms with Crippen molar-refractivity contribution in [1.29, 1.82) is 0 Å². The molecule has 7 heteroatoms. The minimum absolute atomic E-state index is 0.244. The second-order valence-electron chi connectivity index (χ2n) is 3.93. The Bertz CT molecular complexity index is 435. The molecule has 0 bridgehead atoms. The van der Waals surface area contributed by atoms with Gasteiger partial charge in [-0.05, 0) is 17.7 Å². The summed E-state index contributed by atoms with van der Waals surface area (Å²) < 4.78 is 0. The zero-order chi connectivity index (χ0) is 13.7. The van der Waals surface area contributed by atoms with E-state index in [1.165, 1.54) is 0 Å². The van der Waals surface area contributed by atoms with Crippen LogP contribution in [0.5, 0.6) is 0 Å². The van der Waals surface area contributed by atoms with Crippen LogP contribution in [0.25, 0.3) is 0 Å². The standard InChI is InChI=1S/C11H13ClN2O4/c1-2-11(14(17)18)10(7-13(15)16)8-3-5-9(12)6-4-8/h3-6,10-11H,2,7H2,1H3/t10-,11+/m0/s1. The maximum absolute atomic E-state index is 11.0. The predicted octanol–water partition coefficient (Wildman–Crippen LogP) is 2.76. The van der Waals surface area contributed by atoms with Crippen LogP contribution in [-0.4, -0.2) is 22.4 Å². The Kier molecular flexibility index (Phi) is 5.03. The molecule has 0 aliphatic carbocycles. The van der Waals surface area contributed by atoms with E-state index in [4.69, 9.17) is 11.6 Å². The maximum Gasteiger partial charge on any atom is 0.226 e. The second-order valence-corrected chi connectivity index (χ2v) is 4.37. The number of hydrogen-bond acceptors (Lipinski definition) is 4. The van der Waals surface area contributed by atoms with E-state index < -0.39 is 28.4 Å². The average Bonchev–Trinajstić information content (AvgIpc) is 2.28. The van der Waals surface area contributed by atoms with Gasteiger partial charge in [-0.15, -0.1) is 0 Å². The number of nitrogens with zero attached hydrogens (tertiary/aromatic N) is 2. The number of hydrogen-bond donors (Lipinski definition) is 0. The van der Waals surface area contributed by atoms with Crippen LogP contribution in [0.4, 0.5) is 0 Å². The van der Waals surface area contributed by atoms with Crippen LogP contribution >= 0.6 is 11.6 Å². The zero-order valence-electron chi connectivity index (χ0n) is 9.78. The first-order valence-corrected chi connectivity index (χ1v) is 5.84. The molecule has 0 saturated carbocycles. The van der Waals surface area contributed by atoms with E-state index in [9.17, 15) is 20.2 Å². The van der Waals surface area contributed by atoms with Crippen molar-refractivity contribution in [2.45, 2.75) is 25.3 Å². The maximum atomic E-state index is 11.0. The summed E-state index contributed by atoms with van der Waals surface area (Å²) in [5.41, 5.74) is 0.569. The summed E-state index contributed by atoms with van der Waals surface area (Å²) >= 11 is 5.73. The second kappa shape index (κ2) is 6.30. The van der Waals surface area contributed by atoms with E-state index in [1.807, 2.05) is 0 Å². The van der Waals surface area contributed by atoms with Gasteiger partial charge in [0.1, 0.15) is 5.92 Å². The van der Waals surface area contributed by atoms with Gasteiger partial charge in [0.25, 0.3) is 0 Å². The molecule has 0 N–H and O–H groups in total. The Morgan fingerprint density at radius 2 is 1.78 bits per heavy atom. The molecular weight excluding hydrogens is 260 g/mol. The van der Waals surface area contributed by atoms with Gasteiger partial charge in [0.15, 0.2) is 0 Å². The molecule has 0 saturated heterocycles. The smallest absolute Gasteiger partial charge is 0.226 e. The molecule has 0 aliphatic heterocycles. The number of halogens is 1. The predicted molar refractivity (Wildman–Crippen MR) is 67.1 cm³/mol. The third kappa shape index (κ3) is 3.66. The van der Waals surface area contributed by atoms with E-state index in [0.717, 1.165) is 0 Å². The molecule has 2 atom stereocenters. The molecule has 0 aliphatic rings. The van der Waals surface area contributed by atoms with Crippen LogP contribution in [0.15, 0.2) is 24.3 Å². The molecule has 0 radical (unpaired) electrons. The first kappa shape index (κ1) is 14.4. The quantitative estimate of drug-likeness (QED) is 0.588. The van der Waals surface area contributed by atoms with Crippen LogP contribution in [0.1, 0.15) is 24.8 Å². The van der Waals surface area contributed by atoms with Gasteiger partial charge in [-0.3, -0.25) is 20.2 Å². The summed E-state index contributed by atoms with van der Waals surface area (Å²) in [5, 5.41) is 22.1. The van der Waals surface area contributed by atoms with Crippen molar-refractivity contribution in [2.24, 2.45) is 0 Å². The normalized spacial score (nSPS) is 13.9. The average molecular weight is 273 g/mol. The summed E-state index contributed by atoms with van der Waals surface area (Å²) in [6.07, 6.45) is 0.244. The first-order chi connectivity index (χ1) is 8.45. The van der Waals surface area contributed by atoms with Crippen LogP contribution < -0.4 is 0 Å². The lowest BCUT2D eigenvalue weighted by Gasteiger charge is -2.16. The van der Waals surface area contributed by atoms with Crippen LogP contribution in [0.3, 0.4) is 0 Å². The monoisotopic (exact) mass is 272 g/mol. The highest BCUT2D eigenvalue weighted by Crippen LogP contribution is 2.25. The first-order valence-electron chi connectivity index (χ1n) is 5.46. The summed E-state index contributed by atoms with van der Waals surface area (Å²) in [5.74, 6) is -0.739. The van der Waals surface area contributed by atoms with Crippen molar-refractivity contribution in [3.63, 3.8) is 0 Å². The number of benzene rings is 1. The summed E-state index contributed by atoms with van der Waals surface area (Å²) in [6, 6.07) is 5.40. The molecule has 0 spiro atoms. The van der Waals surface area contributed by atoms with Gasteiger partial charge in [-0.1, -0.05) is 30.7 Å². The van der Waals surface area contributed by atoms with Crippen molar-refractivity contribution < 1.29 is 9.85 Å². The Labute approximate surface area is 109 Å². The fourth-order valence-corrected chi connectivity index (χ4v) is 2.03. The van der Waals surface area contributed by atoms with E-state index in [1.54, 1.807) is 31.2 Å². The zero-order valence-corrected chi connectivity index (χ0v) is 10.5. The van der Waals surface area contributed by atoms with Crippen molar-refractivity contribution in [1.82, 2.24) is 0 Å². The summed E-state index contributed by atoms with van der Waals surface area (Å²) in [7, 11) is 0. The molecule has 1 aromatic rings. The van der Waals surface area contributed by atoms with Gasteiger partial charge in [0.05, 0.1) is 0 Å². The Morgan fingerprint density at radius 3 is 2.17 bits per heavy atom. The van der Waals surface area contributed by atoms with Crippen molar-refractivity contribution in [3.8, 4) is 0 Å². The molecule has 0 aromatic heterocycles. The Hall–Kier alpha value is -1.69. The third-order valence-electron chi connectivity index (χ3n) is 2.80. The minimum atomic E-state index is -0.962. The lowest BCUT2D eigenvalue weighted by molar-refractivity contribution is -0.547. The number of rotatable bonds is 6. The third-order valence-corrected chi connectivity index (χ3v) is 3.05. The van der Waals surface area contributed by atoms with E-state index in [2.05, 4.69) is 0 Å². The Balaban J connectivity index is 3.07. The lowest BCUT2D eigenvalue weighted by atomic mass is 9.90. The highest BCUT2D eigenvalue weighted by molar-refractivity contribution is 6.30. The molecule has 0 fully saturated rings. The highest BCUT2D eigenvalue weighted by atomic mass is 35.5. The lowest BCUT2D eigenvalue weighted by Crippen LogP contribution is -2.31. The molecule has 98 valence electrons. The van der Waals surface area contributed by atoms with Gasteiger partial charge in [0.2, 0.25) is 12.6 Å². The van der Waals surface area contributed by atoms with Gasteiger partial charge in [0, 0.05) is 21.3 Å². The molecule has 0 unspecified atom stereocenters. The highest BCUT2D eigenvalue weighted by Gasteiger charge is 2.35. The van der Waals surface area contributed by atoms with Gasteiger partial charge in [-0.25, -0.2) is 0 Å². The van der Waals surface area contributed by atoms with Crippen molar-refractivity contribution in [2.75, 3.05) is 6.54 Å². The molecular formula is C11H13ClN2O4. The minimum Gasteiger partial charge on any atom is -0.265 e. The van der Waals surface area contributed by atoms with Crippen molar-refractivity contribution >= 4 is 11.6 Å².